The number of hydrogen-bond donors (Lipinski definition) is 3. The van der Waals surface area contributed by atoms with Crippen LogP contribution < -0.4 is 5.32 Å². The van der Waals surface area contributed by atoms with Gasteiger partial charge in [0.2, 0.25) is 5.91 Å². The molecule has 3 N–H and O–H groups in total. The summed E-state index contributed by atoms with van der Waals surface area (Å²) in [5, 5.41) is 22.0. The molecule has 1 saturated carbocycles. The second-order valence-electron chi connectivity index (χ2n) is 4.08. The van der Waals surface area contributed by atoms with E-state index in [9.17, 15) is 15.0 Å². The number of aliphatic hydroxyl groups excluding tert-OH is 2. The number of amides is 1. The van der Waals surface area contributed by atoms with E-state index in [0.29, 0.717) is 6.54 Å². The molecule has 4 heteroatoms. The standard InChI is InChI=1S/C10H19NO3/c1-3-7-4-8(5-11-6(2)12)10(14)9(7)13/h7-10,13-14H,3-5H2,1-2H3,(H,11,12)/t7-,8+,9+,10+/m0/s1. The third kappa shape index (κ3) is 2.45. The Labute approximate surface area is 84.3 Å². The third-order valence-corrected chi connectivity index (χ3v) is 3.06. The van der Waals surface area contributed by atoms with E-state index in [4.69, 9.17) is 0 Å². The topological polar surface area (TPSA) is 69.6 Å². The number of rotatable bonds is 3. The average Bonchev–Trinajstić information content (AvgIpc) is 2.41. The summed E-state index contributed by atoms with van der Waals surface area (Å²) in [5.74, 6) is 0.0780. The summed E-state index contributed by atoms with van der Waals surface area (Å²) < 4.78 is 0. The lowest BCUT2D eigenvalue weighted by molar-refractivity contribution is -0.119. The summed E-state index contributed by atoms with van der Waals surface area (Å²) in [6.07, 6.45) is 0.346. The molecule has 1 aliphatic rings. The Bertz CT molecular complexity index is 208. The van der Waals surface area contributed by atoms with Gasteiger partial charge in [0.25, 0.3) is 0 Å². The summed E-state index contributed by atoms with van der Waals surface area (Å²) in [6, 6.07) is 0. The molecule has 1 fully saturated rings. The van der Waals surface area contributed by atoms with Gasteiger partial charge in [0.1, 0.15) is 0 Å². The first kappa shape index (κ1) is 11.5. The van der Waals surface area contributed by atoms with Gasteiger partial charge in [-0.25, -0.2) is 0 Å². The van der Waals surface area contributed by atoms with Gasteiger partial charge in [-0.15, -0.1) is 0 Å². The molecule has 0 unspecified atom stereocenters. The Kier molecular flexibility index (Phi) is 3.89. The molecule has 4 atom stereocenters. The summed E-state index contributed by atoms with van der Waals surface area (Å²) in [6.45, 7) is 3.92. The van der Waals surface area contributed by atoms with Crippen molar-refractivity contribution >= 4 is 5.91 Å². The number of carbonyl (C=O) groups excluding carboxylic acids is 1. The fourth-order valence-corrected chi connectivity index (χ4v) is 2.11. The van der Waals surface area contributed by atoms with Crippen LogP contribution in [0.25, 0.3) is 0 Å². The van der Waals surface area contributed by atoms with Crippen LogP contribution in [0.1, 0.15) is 26.7 Å². The van der Waals surface area contributed by atoms with Gasteiger partial charge in [0.05, 0.1) is 12.2 Å². The van der Waals surface area contributed by atoms with Crippen LogP contribution in [0.3, 0.4) is 0 Å². The van der Waals surface area contributed by atoms with E-state index in [1.165, 1.54) is 6.92 Å². The number of hydrogen-bond acceptors (Lipinski definition) is 3. The molecule has 0 spiro atoms. The molecule has 0 aromatic rings. The van der Waals surface area contributed by atoms with E-state index in [0.717, 1.165) is 12.8 Å². The van der Waals surface area contributed by atoms with E-state index in [1.807, 2.05) is 6.92 Å². The van der Waals surface area contributed by atoms with Crippen LogP contribution >= 0.6 is 0 Å². The normalized spacial score (nSPS) is 37.1. The van der Waals surface area contributed by atoms with Crippen molar-refractivity contribution in [2.45, 2.75) is 38.9 Å². The number of nitrogens with one attached hydrogen (secondary N) is 1. The van der Waals surface area contributed by atoms with Crippen LogP contribution in [-0.4, -0.2) is 34.9 Å². The van der Waals surface area contributed by atoms with Crippen molar-refractivity contribution in [3.8, 4) is 0 Å². The lowest BCUT2D eigenvalue weighted by atomic mass is 10.0. The second-order valence-corrected chi connectivity index (χ2v) is 4.08. The molecule has 4 nitrogen and oxygen atoms in total. The van der Waals surface area contributed by atoms with Crippen molar-refractivity contribution in [2.75, 3.05) is 6.54 Å². The molecule has 1 aliphatic carbocycles. The number of carbonyl (C=O) groups is 1. The highest BCUT2D eigenvalue weighted by Gasteiger charge is 2.39. The maximum Gasteiger partial charge on any atom is 0.216 e. The van der Waals surface area contributed by atoms with Gasteiger partial charge in [-0.3, -0.25) is 4.79 Å². The average molecular weight is 201 g/mol. The van der Waals surface area contributed by atoms with Gasteiger partial charge < -0.3 is 15.5 Å². The highest BCUT2D eigenvalue weighted by atomic mass is 16.3. The first-order chi connectivity index (χ1) is 6.56. The van der Waals surface area contributed by atoms with Gasteiger partial charge in [-0.1, -0.05) is 13.3 Å². The zero-order chi connectivity index (χ0) is 10.7. The Hall–Kier alpha value is -0.610. The molecular formula is C10H19NO3. The molecular weight excluding hydrogens is 182 g/mol. The van der Waals surface area contributed by atoms with Crippen molar-refractivity contribution < 1.29 is 15.0 Å². The quantitative estimate of drug-likeness (QED) is 0.596. The Balaban J connectivity index is 2.44. The highest BCUT2D eigenvalue weighted by Crippen LogP contribution is 2.33. The Morgan fingerprint density at radius 2 is 1.93 bits per heavy atom. The minimum atomic E-state index is -0.688. The SMILES string of the molecule is CC[C@H]1C[C@H](CNC(C)=O)[C@@H](O)[C@@H]1O. The maximum atomic E-state index is 10.7. The van der Waals surface area contributed by atoms with Gasteiger partial charge in [0, 0.05) is 19.4 Å². The Morgan fingerprint density at radius 1 is 1.36 bits per heavy atom. The van der Waals surface area contributed by atoms with Gasteiger partial charge in [0.15, 0.2) is 0 Å². The molecule has 1 rings (SSSR count). The molecule has 0 aromatic carbocycles. The third-order valence-electron chi connectivity index (χ3n) is 3.06. The van der Waals surface area contributed by atoms with E-state index in [1.54, 1.807) is 0 Å². The van der Waals surface area contributed by atoms with Crippen molar-refractivity contribution in [1.82, 2.24) is 5.32 Å². The predicted molar refractivity (Wildman–Crippen MR) is 52.6 cm³/mol. The van der Waals surface area contributed by atoms with Crippen molar-refractivity contribution in [3.63, 3.8) is 0 Å². The molecule has 0 bridgehead atoms. The molecule has 14 heavy (non-hydrogen) atoms. The molecule has 0 aliphatic heterocycles. The smallest absolute Gasteiger partial charge is 0.216 e. The van der Waals surface area contributed by atoms with Crippen LogP contribution in [0.2, 0.25) is 0 Å². The maximum absolute atomic E-state index is 10.7. The summed E-state index contributed by atoms with van der Waals surface area (Å²) in [5.41, 5.74) is 0. The van der Waals surface area contributed by atoms with Crippen LogP contribution in [0.4, 0.5) is 0 Å². The fourth-order valence-electron chi connectivity index (χ4n) is 2.11. The van der Waals surface area contributed by atoms with Crippen LogP contribution in [0.5, 0.6) is 0 Å². The lowest BCUT2D eigenvalue weighted by Gasteiger charge is -2.16. The Morgan fingerprint density at radius 3 is 2.36 bits per heavy atom. The number of aliphatic hydroxyl groups is 2. The summed E-state index contributed by atoms with van der Waals surface area (Å²) >= 11 is 0. The van der Waals surface area contributed by atoms with Crippen molar-refractivity contribution in [1.29, 1.82) is 0 Å². The minimum Gasteiger partial charge on any atom is -0.390 e. The largest absolute Gasteiger partial charge is 0.390 e. The molecule has 1 amide bonds. The minimum absolute atomic E-state index is 0.00106. The van der Waals surface area contributed by atoms with Gasteiger partial charge in [-0.2, -0.15) is 0 Å². The second kappa shape index (κ2) is 4.75. The first-order valence-electron chi connectivity index (χ1n) is 5.16. The molecule has 0 heterocycles. The van der Waals surface area contributed by atoms with E-state index < -0.39 is 12.2 Å². The zero-order valence-electron chi connectivity index (χ0n) is 8.73. The van der Waals surface area contributed by atoms with Gasteiger partial charge >= 0.3 is 0 Å². The molecule has 0 radical (unpaired) electrons. The van der Waals surface area contributed by atoms with Crippen molar-refractivity contribution in [2.24, 2.45) is 11.8 Å². The molecule has 0 aromatic heterocycles. The fraction of sp³-hybridized carbons (Fsp3) is 0.900. The van der Waals surface area contributed by atoms with Crippen LogP contribution in [0.15, 0.2) is 0 Å². The highest BCUT2D eigenvalue weighted by molar-refractivity contribution is 5.72. The monoisotopic (exact) mass is 201 g/mol. The van der Waals surface area contributed by atoms with E-state index in [2.05, 4.69) is 5.32 Å². The van der Waals surface area contributed by atoms with Crippen LogP contribution in [-0.2, 0) is 4.79 Å². The van der Waals surface area contributed by atoms with E-state index >= 15 is 0 Å². The lowest BCUT2D eigenvalue weighted by Crippen LogP contribution is -2.34. The van der Waals surface area contributed by atoms with Gasteiger partial charge in [-0.05, 0) is 12.3 Å². The zero-order valence-corrected chi connectivity index (χ0v) is 8.73. The first-order valence-corrected chi connectivity index (χ1v) is 5.16. The summed E-state index contributed by atoms with van der Waals surface area (Å²) in [7, 11) is 0. The van der Waals surface area contributed by atoms with E-state index in [-0.39, 0.29) is 17.7 Å². The van der Waals surface area contributed by atoms with Crippen molar-refractivity contribution in [3.05, 3.63) is 0 Å². The van der Waals surface area contributed by atoms with Crippen LogP contribution in [0, 0.1) is 11.8 Å². The molecule has 82 valence electrons. The predicted octanol–water partition coefficient (Wildman–Crippen LogP) is -0.110. The summed E-state index contributed by atoms with van der Waals surface area (Å²) in [4.78, 5) is 10.7. The molecule has 0 saturated heterocycles.